The zero-order valence-electron chi connectivity index (χ0n) is 8.34. The van der Waals surface area contributed by atoms with Gasteiger partial charge in [0.05, 0.1) is 11.6 Å². The third-order valence-electron chi connectivity index (χ3n) is 2.32. The van der Waals surface area contributed by atoms with Crippen LogP contribution in [-0.4, -0.2) is 12.7 Å². The Kier molecular flexibility index (Phi) is 2.68. The molecule has 0 radical (unpaired) electrons. The molecule has 1 saturated heterocycles. The Morgan fingerprint density at radius 3 is 2.53 bits per heavy atom. The van der Waals surface area contributed by atoms with E-state index >= 15 is 0 Å². The molecule has 1 N–H and O–H groups in total. The average molecular weight is 249 g/mol. The van der Waals surface area contributed by atoms with Gasteiger partial charge in [-0.2, -0.15) is 13.2 Å². The monoisotopic (exact) mass is 249 g/mol. The van der Waals surface area contributed by atoms with Crippen molar-refractivity contribution in [2.45, 2.75) is 12.2 Å². The summed E-state index contributed by atoms with van der Waals surface area (Å²) in [5.41, 5.74) is -1.06. The highest BCUT2D eigenvalue weighted by molar-refractivity contribution is 5.70. The van der Waals surface area contributed by atoms with Gasteiger partial charge in [0.15, 0.2) is 0 Å². The second-order valence-electron chi connectivity index (χ2n) is 3.57. The topological polar surface area (TPSA) is 38.3 Å². The predicted molar refractivity (Wildman–Crippen MR) is 48.6 cm³/mol. The summed E-state index contributed by atoms with van der Waals surface area (Å²) in [4.78, 5) is 10.7. The summed E-state index contributed by atoms with van der Waals surface area (Å²) in [6.45, 7) is -0.112. The number of carbonyl (C=O) groups excluding carboxylic acids is 1. The number of carbonyl (C=O) groups is 1. The maximum atomic E-state index is 13.1. The first-order chi connectivity index (χ1) is 7.86. The van der Waals surface area contributed by atoms with Crippen molar-refractivity contribution in [3.63, 3.8) is 0 Å². The van der Waals surface area contributed by atoms with E-state index in [1.807, 2.05) is 0 Å². The van der Waals surface area contributed by atoms with Crippen molar-refractivity contribution in [2.75, 3.05) is 6.61 Å². The second kappa shape index (κ2) is 3.90. The summed E-state index contributed by atoms with van der Waals surface area (Å²) < 4.78 is 54.9. The Bertz CT molecular complexity index is 458. The van der Waals surface area contributed by atoms with Crippen LogP contribution in [0.25, 0.3) is 0 Å². The van der Waals surface area contributed by atoms with Crippen molar-refractivity contribution in [1.29, 1.82) is 0 Å². The van der Waals surface area contributed by atoms with E-state index in [0.29, 0.717) is 6.07 Å². The minimum absolute atomic E-state index is 0.0307. The van der Waals surface area contributed by atoms with E-state index in [9.17, 15) is 22.4 Å². The van der Waals surface area contributed by atoms with Crippen LogP contribution in [0.5, 0.6) is 0 Å². The first-order valence-corrected chi connectivity index (χ1v) is 4.67. The molecular formula is C10H7F4NO2. The molecule has 1 aromatic rings. The molecule has 1 aromatic carbocycles. The molecule has 0 aromatic heterocycles. The molecule has 1 amide bonds. The minimum atomic E-state index is -4.62. The fourth-order valence-electron chi connectivity index (χ4n) is 1.54. The van der Waals surface area contributed by atoms with Crippen molar-refractivity contribution < 1.29 is 27.1 Å². The molecule has 1 atom stereocenters. The lowest BCUT2D eigenvalue weighted by molar-refractivity contribution is -0.137. The fraction of sp³-hybridized carbons (Fsp3) is 0.300. The molecule has 0 spiro atoms. The van der Waals surface area contributed by atoms with E-state index in [1.165, 1.54) is 0 Å². The van der Waals surface area contributed by atoms with Crippen LogP contribution < -0.4 is 5.32 Å². The highest BCUT2D eigenvalue weighted by Crippen LogP contribution is 2.32. The molecule has 1 aliphatic rings. The quantitative estimate of drug-likeness (QED) is 0.777. The number of rotatable bonds is 1. The Labute approximate surface area is 93.4 Å². The van der Waals surface area contributed by atoms with Gasteiger partial charge in [-0.15, -0.1) is 0 Å². The maximum Gasteiger partial charge on any atom is 0.416 e. The van der Waals surface area contributed by atoms with Gasteiger partial charge in [-0.25, -0.2) is 9.18 Å². The van der Waals surface area contributed by atoms with E-state index in [0.717, 1.165) is 12.1 Å². The number of nitrogens with one attached hydrogen (secondary N) is 1. The van der Waals surface area contributed by atoms with Gasteiger partial charge in [0.2, 0.25) is 0 Å². The first kappa shape index (κ1) is 11.7. The summed E-state index contributed by atoms with van der Waals surface area (Å²) in [7, 11) is 0. The van der Waals surface area contributed by atoms with Crippen LogP contribution in [0.4, 0.5) is 22.4 Å². The molecule has 17 heavy (non-hydrogen) atoms. The maximum absolute atomic E-state index is 13.1. The number of amides is 1. The Balaban J connectivity index is 2.35. The molecule has 1 aliphatic heterocycles. The molecule has 92 valence electrons. The largest absolute Gasteiger partial charge is 0.447 e. The van der Waals surface area contributed by atoms with Crippen LogP contribution in [0.15, 0.2) is 18.2 Å². The van der Waals surface area contributed by atoms with Gasteiger partial charge in [0, 0.05) is 0 Å². The summed E-state index contributed by atoms with van der Waals surface area (Å²) in [5.74, 6) is -1.00. The number of ether oxygens (including phenoxy) is 1. The van der Waals surface area contributed by atoms with E-state index in [4.69, 9.17) is 0 Å². The first-order valence-electron chi connectivity index (χ1n) is 4.67. The van der Waals surface area contributed by atoms with Crippen molar-refractivity contribution >= 4 is 6.09 Å². The molecule has 3 nitrogen and oxygen atoms in total. The molecule has 0 aliphatic carbocycles. The SMILES string of the molecule is O=C1N[C@H](c2cc(F)cc(C(F)(F)F)c2)CO1. The molecule has 0 saturated carbocycles. The van der Waals surface area contributed by atoms with Gasteiger partial charge >= 0.3 is 12.3 Å². The van der Waals surface area contributed by atoms with E-state index in [1.54, 1.807) is 0 Å². The van der Waals surface area contributed by atoms with Gasteiger partial charge in [-0.3, -0.25) is 0 Å². The van der Waals surface area contributed by atoms with E-state index in [-0.39, 0.29) is 12.2 Å². The summed E-state index contributed by atoms with van der Waals surface area (Å²) in [5, 5.41) is 2.28. The summed E-state index contributed by atoms with van der Waals surface area (Å²) >= 11 is 0. The van der Waals surface area contributed by atoms with Crippen molar-refractivity contribution in [1.82, 2.24) is 5.32 Å². The van der Waals surface area contributed by atoms with Crippen LogP contribution in [0.2, 0.25) is 0 Å². The Hall–Kier alpha value is -1.79. The molecule has 2 rings (SSSR count). The smallest absolute Gasteiger partial charge is 0.416 e. The van der Waals surface area contributed by atoms with E-state index < -0.39 is 29.7 Å². The second-order valence-corrected chi connectivity index (χ2v) is 3.57. The molecule has 1 fully saturated rings. The normalized spacial score (nSPS) is 20.0. The van der Waals surface area contributed by atoms with E-state index in [2.05, 4.69) is 10.1 Å². The third-order valence-corrected chi connectivity index (χ3v) is 2.32. The average Bonchev–Trinajstić information content (AvgIpc) is 2.62. The number of halogens is 4. The molecule has 0 unspecified atom stereocenters. The van der Waals surface area contributed by atoms with Crippen LogP contribution >= 0.6 is 0 Å². The highest BCUT2D eigenvalue weighted by Gasteiger charge is 2.33. The molecular weight excluding hydrogens is 242 g/mol. The van der Waals surface area contributed by atoms with Crippen LogP contribution in [-0.2, 0) is 10.9 Å². The number of hydrogen-bond donors (Lipinski definition) is 1. The van der Waals surface area contributed by atoms with Crippen molar-refractivity contribution in [3.05, 3.63) is 35.1 Å². The number of cyclic esters (lactones) is 1. The highest BCUT2D eigenvalue weighted by atomic mass is 19.4. The number of alkyl halides is 3. The van der Waals surface area contributed by atoms with Gasteiger partial charge < -0.3 is 10.1 Å². The van der Waals surface area contributed by atoms with Gasteiger partial charge in [0.25, 0.3) is 0 Å². The summed E-state index contributed by atoms with van der Waals surface area (Å²) in [6.07, 6.45) is -5.35. The Morgan fingerprint density at radius 1 is 1.29 bits per heavy atom. The van der Waals surface area contributed by atoms with Gasteiger partial charge in [0.1, 0.15) is 12.4 Å². The summed E-state index contributed by atoms with van der Waals surface area (Å²) in [6, 6.07) is 1.39. The van der Waals surface area contributed by atoms with Gasteiger partial charge in [-0.05, 0) is 23.8 Å². The van der Waals surface area contributed by atoms with Crippen molar-refractivity contribution in [3.8, 4) is 0 Å². The predicted octanol–water partition coefficient (Wildman–Crippen LogP) is 2.63. The number of alkyl carbamates (subject to hydrolysis) is 1. The third kappa shape index (κ3) is 2.48. The molecule has 1 heterocycles. The molecule has 7 heteroatoms. The standard InChI is InChI=1S/C10H7F4NO2/c11-7-2-5(8-4-17-9(16)15-8)1-6(3-7)10(12,13)14/h1-3,8H,4H2,(H,15,16)/t8-/m0/s1. The lowest BCUT2D eigenvalue weighted by Gasteiger charge is -2.12. The van der Waals surface area contributed by atoms with Crippen LogP contribution in [0.3, 0.4) is 0 Å². The van der Waals surface area contributed by atoms with Gasteiger partial charge in [-0.1, -0.05) is 0 Å². The van der Waals surface area contributed by atoms with Crippen molar-refractivity contribution in [2.24, 2.45) is 0 Å². The fourth-order valence-corrected chi connectivity index (χ4v) is 1.54. The number of benzene rings is 1. The number of hydrogen-bond acceptors (Lipinski definition) is 2. The van der Waals surface area contributed by atoms with Crippen LogP contribution in [0.1, 0.15) is 17.2 Å². The zero-order chi connectivity index (χ0) is 12.6. The molecule has 0 bridgehead atoms. The Morgan fingerprint density at radius 2 is 2.00 bits per heavy atom. The lowest BCUT2D eigenvalue weighted by atomic mass is 10.0. The van der Waals surface area contributed by atoms with Crippen LogP contribution in [0, 0.1) is 5.82 Å². The zero-order valence-corrected chi connectivity index (χ0v) is 8.34. The minimum Gasteiger partial charge on any atom is -0.447 e. The lowest BCUT2D eigenvalue weighted by Crippen LogP contribution is -2.19.